The number of hydrogen-bond donors (Lipinski definition) is 0. The summed E-state index contributed by atoms with van der Waals surface area (Å²) >= 11 is 0. The van der Waals surface area contributed by atoms with Crippen LogP contribution in [0.5, 0.6) is 0 Å². The molecular weight excluding hydrogens is 346 g/mol. The largest absolute Gasteiger partial charge is 0.278 e. The highest BCUT2D eigenvalue weighted by Gasteiger charge is 2.25. The molecule has 7 heteroatoms. The third-order valence-electron chi connectivity index (χ3n) is 4.45. The van der Waals surface area contributed by atoms with E-state index in [-0.39, 0.29) is 17.1 Å². The van der Waals surface area contributed by atoms with Gasteiger partial charge in [0.1, 0.15) is 0 Å². The quantitative estimate of drug-likeness (QED) is 0.381. The van der Waals surface area contributed by atoms with Crippen LogP contribution in [0.1, 0.15) is 16.7 Å². The van der Waals surface area contributed by atoms with Crippen LogP contribution in [0.3, 0.4) is 0 Å². The van der Waals surface area contributed by atoms with Crippen LogP contribution < -0.4 is 0 Å². The van der Waals surface area contributed by atoms with Crippen molar-refractivity contribution in [3.63, 3.8) is 0 Å². The van der Waals surface area contributed by atoms with E-state index in [1.165, 1.54) is 12.1 Å². The lowest BCUT2D eigenvalue weighted by Crippen LogP contribution is -1.98. The van der Waals surface area contributed by atoms with Gasteiger partial charge in [-0.1, -0.05) is 42.0 Å². The van der Waals surface area contributed by atoms with E-state index in [0.717, 1.165) is 33.9 Å². The molecule has 132 valence electrons. The topological polar surface area (TPSA) is 98.6 Å². The van der Waals surface area contributed by atoms with Crippen LogP contribution in [0, 0.1) is 27.2 Å². The van der Waals surface area contributed by atoms with Crippen molar-refractivity contribution < 1.29 is 9.85 Å². The predicted molar refractivity (Wildman–Crippen MR) is 102 cm³/mol. The van der Waals surface area contributed by atoms with Gasteiger partial charge in [0.15, 0.2) is 0 Å². The van der Waals surface area contributed by atoms with Gasteiger partial charge in [-0.2, -0.15) is 0 Å². The number of rotatable bonds is 3. The van der Waals surface area contributed by atoms with E-state index in [2.05, 4.69) is 4.99 Å². The van der Waals surface area contributed by atoms with Gasteiger partial charge in [-0.3, -0.25) is 20.2 Å². The Morgan fingerprint density at radius 1 is 0.741 bits per heavy atom. The summed E-state index contributed by atoms with van der Waals surface area (Å²) in [6.07, 6.45) is 0. The highest BCUT2D eigenvalue weighted by Crippen LogP contribution is 2.39. The molecule has 0 aliphatic heterocycles. The number of fused-ring (bicyclic) bond motifs is 3. The first-order chi connectivity index (χ1) is 12.9. The van der Waals surface area contributed by atoms with E-state index in [1.807, 2.05) is 49.4 Å². The Hall–Kier alpha value is -3.87. The standard InChI is InChI=1S/C20H13N3O4/c1-12-6-7-17-16-4-2-3-5-18(16)20(19(17)8-12)21-13-9-14(22(24)25)11-15(10-13)23(26)27/h2-11H,1H3/b21-20+. The second-order valence-corrected chi connectivity index (χ2v) is 6.28. The second-order valence-electron chi connectivity index (χ2n) is 6.28. The fourth-order valence-electron chi connectivity index (χ4n) is 3.26. The van der Waals surface area contributed by atoms with Gasteiger partial charge < -0.3 is 0 Å². The summed E-state index contributed by atoms with van der Waals surface area (Å²) in [6, 6.07) is 17.2. The minimum atomic E-state index is -0.655. The Labute approximate surface area is 153 Å². The molecule has 7 nitrogen and oxygen atoms in total. The zero-order chi connectivity index (χ0) is 19.1. The monoisotopic (exact) mass is 359 g/mol. The maximum atomic E-state index is 11.1. The number of aryl methyl sites for hydroxylation is 1. The van der Waals surface area contributed by atoms with Gasteiger partial charge in [0.2, 0.25) is 0 Å². The lowest BCUT2D eigenvalue weighted by atomic mass is 10.0. The number of nitro benzene ring substituents is 2. The molecule has 0 unspecified atom stereocenters. The predicted octanol–water partition coefficient (Wildman–Crippen LogP) is 4.96. The SMILES string of the molecule is Cc1ccc2c(c1)/C(=N/c1cc([N+](=O)[O-])cc([N+](=O)[O-])c1)c1ccccc1-2. The van der Waals surface area contributed by atoms with Gasteiger partial charge in [0.25, 0.3) is 11.4 Å². The summed E-state index contributed by atoms with van der Waals surface area (Å²) < 4.78 is 0. The van der Waals surface area contributed by atoms with Crippen molar-refractivity contribution in [2.75, 3.05) is 0 Å². The van der Waals surface area contributed by atoms with Crippen molar-refractivity contribution in [2.24, 2.45) is 4.99 Å². The van der Waals surface area contributed by atoms with Gasteiger partial charge in [0, 0.05) is 23.3 Å². The highest BCUT2D eigenvalue weighted by atomic mass is 16.6. The molecule has 0 N–H and O–H groups in total. The van der Waals surface area contributed by atoms with Crippen LogP contribution in [0.4, 0.5) is 17.1 Å². The molecule has 3 aromatic carbocycles. The Morgan fingerprint density at radius 3 is 1.96 bits per heavy atom. The molecule has 3 aromatic rings. The summed E-state index contributed by atoms with van der Waals surface area (Å²) in [6.45, 7) is 1.97. The Kier molecular flexibility index (Phi) is 3.77. The van der Waals surface area contributed by atoms with E-state index < -0.39 is 9.85 Å². The maximum absolute atomic E-state index is 11.1. The van der Waals surface area contributed by atoms with Crippen molar-refractivity contribution in [1.29, 1.82) is 0 Å². The third-order valence-corrected chi connectivity index (χ3v) is 4.45. The first kappa shape index (κ1) is 16.6. The summed E-state index contributed by atoms with van der Waals surface area (Å²) in [5, 5.41) is 22.3. The summed E-state index contributed by atoms with van der Waals surface area (Å²) in [5.74, 6) is 0. The zero-order valence-corrected chi connectivity index (χ0v) is 14.2. The van der Waals surface area contributed by atoms with E-state index in [1.54, 1.807) is 0 Å². The van der Waals surface area contributed by atoms with Crippen molar-refractivity contribution >= 4 is 22.8 Å². The van der Waals surface area contributed by atoms with Crippen LogP contribution in [-0.4, -0.2) is 15.6 Å². The number of aliphatic imine (C=N–C) groups is 1. The molecule has 0 amide bonds. The highest BCUT2D eigenvalue weighted by molar-refractivity contribution is 6.25. The van der Waals surface area contributed by atoms with E-state index >= 15 is 0 Å². The van der Waals surface area contributed by atoms with Crippen molar-refractivity contribution in [1.82, 2.24) is 0 Å². The van der Waals surface area contributed by atoms with Crippen LogP contribution in [0.25, 0.3) is 11.1 Å². The normalized spacial score (nSPS) is 13.3. The minimum absolute atomic E-state index is 0.176. The fourth-order valence-corrected chi connectivity index (χ4v) is 3.26. The Morgan fingerprint density at radius 2 is 1.33 bits per heavy atom. The van der Waals surface area contributed by atoms with Gasteiger partial charge in [-0.15, -0.1) is 0 Å². The molecule has 0 radical (unpaired) electrons. The summed E-state index contributed by atoms with van der Waals surface area (Å²) in [5.41, 5.74) is 5.01. The summed E-state index contributed by atoms with van der Waals surface area (Å²) in [4.78, 5) is 25.5. The fraction of sp³-hybridized carbons (Fsp3) is 0.0500. The third kappa shape index (κ3) is 2.85. The van der Waals surface area contributed by atoms with Gasteiger partial charge in [-0.05, 0) is 24.1 Å². The summed E-state index contributed by atoms with van der Waals surface area (Å²) in [7, 11) is 0. The van der Waals surface area contributed by atoms with Crippen molar-refractivity contribution in [3.8, 4) is 11.1 Å². The molecule has 0 fully saturated rings. The van der Waals surface area contributed by atoms with E-state index in [0.29, 0.717) is 5.71 Å². The molecule has 0 saturated heterocycles. The Balaban J connectivity index is 1.96. The molecule has 4 rings (SSSR count). The molecule has 1 aliphatic rings. The zero-order valence-electron chi connectivity index (χ0n) is 14.2. The smallest absolute Gasteiger partial charge is 0.258 e. The maximum Gasteiger partial charge on any atom is 0.278 e. The second kappa shape index (κ2) is 6.14. The minimum Gasteiger partial charge on any atom is -0.258 e. The molecule has 0 aromatic heterocycles. The van der Waals surface area contributed by atoms with Crippen molar-refractivity contribution in [2.45, 2.75) is 6.92 Å². The number of benzene rings is 3. The van der Waals surface area contributed by atoms with Gasteiger partial charge in [0.05, 0.1) is 27.3 Å². The molecule has 0 bridgehead atoms. The van der Waals surface area contributed by atoms with Gasteiger partial charge in [-0.25, -0.2) is 4.99 Å². The average molecular weight is 359 g/mol. The van der Waals surface area contributed by atoms with Crippen molar-refractivity contribution in [3.05, 3.63) is 97.6 Å². The van der Waals surface area contributed by atoms with E-state index in [4.69, 9.17) is 0 Å². The first-order valence-electron chi connectivity index (χ1n) is 8.17. The van der Waals surface area contributed by atoms with Crippen LogP contribution in [0.2, 0.25) is 0 Å². The van der Waals surface area contributed by atoms with Crippen LogP contribution in [-0.2, 0) is 0 Å². The molecule has 0 spiro atoms. The van der Waals surface area contributed by atoms with Gasteiger partial charge >= 0.3 is 0 Å². The number of nitro groups is 2. The molecule has 1 aliphatic carbocycles. The molecule has 0 atom stereocenters. The number of non-ortho nitro benzene ring substituents is 2. The number of nitrogens with zero attached hydrogens (tertiary/aromatic N) is 3. The first-order valence-corrected chi connectivity index (χ1v) is 8.17. The molecule has 0 saturated carbocycles. The Bertz CT molecular complexity index is 1120. The number of hydrogen-bond acceptors (Lipinski definition) is 5. The molecule has 0 heterocycles. The van der Waals surface area contributed by atoms with Crippen LogP contribution in [0.15, 0.2) is 65.7 Å². The lowest BCUT2D eigenvalue weighted by molar-refractivity contribution is -0.394. The molecular formula is C20H13N3O4. The molecule has 27 heavy (non-hydrogen) atoms. The lowest BCUT2D eigenvalue weighted by Gasteiger charge is -2.04. The van der Waals surface area contributed by atoms with Crippen LogP contribution >= 0.6 is 0 Å². The van der Waals surface area contributed by atoms with E-state index in [9.17, 15) is 20.2 Å². The average Bonchev–Trinajstić information content (AvgIpc) is 2.94.